The van der Waals surface area contributed by atoms with Gasteiger partial charge in [0, 0.05) is 12.6 Å². The van der Waals surface area contributed by atoms with Gasteiger partial charge in [-0.1, -0.05) is 6.92 Å². The van der Waals surface area contributed by atoms with Crippen LogP contribution >= 0.6 is 0 Å². The molecule has 4 N–H and O–H groups in total. The van der Waals surface area contributed by atoms with Crippen molar-refractivity contribution in [2.75, 3.05) is 19.6 Å². The van der Waals surface area contributed by atoms with Gasteiger partial charge in [0.1, 0.15) is 0 Å². The number of likely N-dealkylation sites (N-methyl/N-ethyl adjacent to an activating group) is 1. The molecule has 0 spiro atoms. The maximum Gasteiger partial charge on any atom is 0.414 e. The molecule has 0 amide bonds. The van der Waals surface area contributed by atoms with Crippen LogP contribution in [0, 0.1) is 0 Å². The topological polar surface area (TPSA) is 104 Å². The van der Waals surface area contributed by atoms with Crippen LogP contribution in [0.2, 0.25) is 0 Å². The van der Waals surface area contributed by atoms with E-state index in [1.54, 1.807) is 0 Å². The number of nitrogens with two attached hydrogens (primary N) is 1. The summed E-state index contributed by atoms with van der Waals surface area (Å²) in [4.78, 5) is 20.7. The fraction of sp³-hybridized carbons (Fsp3) is 0.778. The van der Waals surface area contributed by atoms with Crippen molar-refractivity contribution in [2.24, 2.45) is 5.73 Å². The number of aliphatic carboxylic acids is 2. The fourth-order valence-electron chi connectivity index (χ4n) is 1.58. The Balaban J connectivity index is 0.000000288. The van der Waals surface area contributed by atoms with Gasteiger partial charge >= 0.3 is 11.9 Å². The lowest BCUT2D eigenvalue weighted by Crippen LogP contribution is -2.34. The summed E-state index contributed by atoms with van der Waals surface area (Å²) in [5.41, 5.74) is 5.56. The lowest BCUT2D eigenvalue weighted by Gasteiger charge is -2.20. The lowest BCUT2D eigenvalue weighted by molar-refractivity contribution is -0.159. The number of carbonyl (C=O) groups is 2. The van der Waals surface area contributed by atoms with Crippen LogP contribution in [0.3, 0.4) is 0 Å². The monoisotopic (exact) mass is 218 g/mol. The second kappa shape index (κ2) is 7.19. The first kappa shape index (κ1) is 13.9. The summed E-state index contributed by atoms with van der Waals surface area (Å²) in [6.07, 6.45) is 2.65. The van der Waals surface area contributed by atoms with Crippen molar-refractivity contribution in [2.45, 2.75) is 25.8 Å². The quantitative estimate of drug-likeness (QED) is 0.544. The molecule has 1 atom stereocenters. The van der Waals surface area contributed by atoms with Gasteiger partial charge in [-0.3, -0.25) is 4.90 Å². The van der Waals surface area contributed by atoms with Gasteiger partial charge in [-0.05, 0) is 25.9 Å². The highest BCUT2D eigenvalue weighted by molar-refractivity contribution is 6.27. The Morgan fingerprint density at radius 1 is 1.40 bits per heavy atom. The predicted octanol–water partition coefficient (Wildman–Crippen LogP) is -0.415. The molecule has 1 saturated heterocycles. The zero-order valence-corrected chi connectivity index (χ0v) is 8.85. The highest BCUT2D eigenvalue weighted by Gasteiger charge is 2.20. The fourth-order valence-corrected chi connectivity index (χ4v) is 1.58. The summed E-state index contributed by atoms with van der Waals surface area (Å²) in [5.74, 6) is -3.65. The molecule has 0 aromatic rings. The van der Waals surface area contributed by atoms with E-state index in [-0.39, 0.29) is 0 Å². The first-order valence-electron chi connectivity index (χ1n) is 4.93. The third-order valence-corrected chi connectivity index (χ3v) is 2.36. The number of hydrogen-bond acceptors (Lipinski definition) is 4. The maximum absolute atomic E-state index is 9.10. The third-order valence-electron chi connectivity index (χ3n) is 2.36. The van der Waals surface area contributed by atoms with Gasteiger partial charge in [-0.25, -0.2) is 9.59 Å². The molecule has 1 rings (SSSR count). The molecule has 6 heteroatoms. The van der Waals surface area contributed by atoms with E-state index in [4.69, 9.17) is 25.5 Å². The maximum atomic E-state index is 9.10. The summed E-state index contributed by atoms with van der Waals surface area (Å²) in [6.45, 7) is 5.47. The molecule has 15 heavy (non-hydrogen) atoms. The van der Waals surface area contributed by atoms with Crippen LogP contribution < -0.4 is 5.73 Å². The van der Waals surface area contributed by atoms with Crippen molar-refractivity contribution >= 4 is 11.9 Å². The number of hydrogen-bond donors (Lipinski definition) is 3. The van der Waals surface area contributed by atoms with E-state index in [1.807, 2.05) is 0 Å². The Morgan fingerprint density at radius 3 is 2.20 bits per heavy atom. The number of nitrogens with zero attached hydrogens (tertiary/aromatic N) is 1. The van der Waals surface area contributed by atoms with Gasteiger partial charge in [-0.15, -0.1) is 0 Å². The van der Waals surface area contributed by atoms with E-state index < -0.39 is 11.9 Å². The lowest BCUT2D eigenvalue weighted by atomic mass is 10.2. The van der Waals surface area contributed by atoms with Gasteiger partial charge in [0.25, 0.3) is 0 Å². The van der Waals surface area contributed by atoms with Crippen LogP contribution in [0.25, 0.3) is 0 Å². The molecule has 0 aromatic heterocycles. The second-order valence-corrected chi connectivity index (χ2v) is 3.27. The zero-order chi connectivity index (χ0) is 11.8. The summed E-state index contributed by atoms with van der Waals surface area (Å²) in [7, 11) is 0. The number of likely N-dealkylation sites (tertiary alicyclic amines) is 1. The van der Waals surface area contributed by atoms with Gasteiger partial charge in [0.05, 0.1) is 0 Å². The van der Waals surface area contributed by atoms with Gasteiger partial charge in [-0.2, -0.15) is 0 Å². The predicted molar refractivity (Wildman–Crippen MR) is 54.6 cm³/mol. The van der Waals surface area contributed by atoms with Crippen LogP contribution in [0.5, 0.6) is 0 Å². The summed E-state index contributed by atoms with van der Waals surface area (Å²) >= 11 is 0. The largest absolute Gasteiger partial charge is 0.473 e. The van der Waals surface area contributed by atoms with Crippen molar-refractivity contribution in [3.63, 3.8) is 0 Å². The second-order valence-electron chi connectivity index (χ2n) is 3.27. The van der Waals surface area contributed by atoms with E-state index in [0.717, 1.165) is 6.54 Å². The van der Waals surface area contributed by atoms with Crippen LogP contribution in [-0.2, 0) is 9.59 Å². The standard InChI is InChI=1S/C7H16N2.C2H2O4/c1-2-9-5-3-4-7(9)6-8;3-1(4)2(5)6/h7H,2-6,8H2,1H3;(H,3,4)(H,5,6)/t7-;/m0./s1. The summed E-state index contributed by atoms with van der Waals surface area (Å²) in [6, 6.07) is 0.690. The number of carboxylic acid groups (broad SMARTS) is 2. The molecule has 6 nitrogen and oxygen atoms in total. The molecule has 0 unspecified atom stereocenters. The van der Waals surface area contributed by atoms with Crippen LogP contribution in [0.4, 0.5) is 0 Å². The Morgan fingerprint density at radius 2 is 1.93 bits per heavy atom. The van der Waals surface area contributed by atoms with Gasteiger partial charge < -0.3 is 15.9 Å². The normalized spacial score (nSPS) is 20.5. The van der Waals surface area contributed by atoms with Crippen molar-refractivity contribution in [1.82, 2.24) is 4.90 Å². The van der Waals surface area contributed by atoms with E-state index in [1.165, 1.54) is 25.9 Å². The zero-order valence-electron chi connectivity index (χ0n) is 8.85. The first-order chi connectivity index (χ1) is 7.02. The third kappa shape index (κ3) is 5.34. The van der Waals surface area contributed by atoms with E-state index in [2.05, 4.69) is 11.8 Å². The van der Waals surface area contributed by atoms with E-state index >= 15 is 0 Å². The van der Waals surface area contributed by atoms with Crippen LogP contribution in [-0.4, -0.2) is 52.7 Å². The Kier molecular flexibility index (Phi) is 6.64. The smallest absolute Gasteiger partial charge is 0.414 e. The minimum atomic E-state index is -1.82. The van der Waals surface area contributed by atoms with E-state index in [0.29, 0.717) is 6.04 Å². The molecule has 1 aliphatic heterocycles. The van der Waals surface area contributed by atoms with Crippen LogP contribution in [0.15, 0.2) is 0 Å². The average molecular weight is 218 g/mol. The molecule has 0 aliphatic carbocycles. The molecule has 0 saturated carbocycles. The molecule has 88 valence electrons. The molecule has 1 heterocycles. The van der Waals surface area contributed by atoms with Gasteiger partial charge in [0.2, 0.25) is 0 Å². The van der Waals surface area contributed by atoms with Crippen molar-refractivity contribution in [3.05, 3.63) is 0 Å². The van der Waals surface area contributed by atoms with Crippen molar-refractivity contribution in [3.8, 4) is 0 Å². The van der Waals surface area contributed by atoms with Crippen molar-refractivity contribution in [1.29, 1.82) is 0 Å². The Labute approximate surface area is 88.7 Å². The number of rotatable bonds is 2. The van der Waals surface area contributed by atoms with Crippen LogP contribution in [0.1, 0.15) is 19.8 Å². The van der Waals surface area contributed by atoms with Crippen molar-refractivity contribution < 1.29 is 19.8 Å². The highest BCUT2D eigenvalue weighted by Crippen LogP contribution is 2.14. The highest BCUT2D eigenvalue weighted by atomic mass is 16.4. The molecular formula is C9H18N2O4. The molecule has 1 fully saturated rings. The minimum Gasteiger partial charge on any atom is -0.473 e. The Hall–Kier alpha value is -1.14. The molecule has 1 aliphatic rings. The molecule has 0 bridgehead atoms. The first-order valence-corrected chi connectivity index (χ1v) is 4.93. The minimum absolute atomic E-state index is 0.690. The summed E-state index contributed by atoms with van der Waals surface area (Å²) < 4.78 is 0. The molecular weight excluding hydrogens is 200 g/mol. The molecule has 0 radical (unpaired) electrons. The Bertz CT molecular complexity index is 198. The SMILES string of the molecule is CCN1CCC[C@H]1CN.O=C(O)C(=O)O. The average Bonchev–Trinajstić information content (AvgIpc) is 2.65. The summed E-state index contributed by atoms with van der Waals surface area (Å²) in [5, 5.41) is 14.8. The van der Waals surface area contributed by atoms with Gasteiger partial charge in [0.15, 0.2) is 0 Å². The van der Waals surface area contributed by atoms with E-state index in [9.17, 15) is 0 Å². The molecule has 0 aromatic carbocycles. The number of carboxylic acids is 2.